The number of alkyl halides is 3. The number of benzene rings is 1. The maximum Gasteiger partial charge on any atom is 0.433 e. The van der Waals surface area contributed by atoms with Crippen molar-refractivity contribution < 1.29 is 13.2 Å². The Morgan fingerprint density at radius 1 is 1.00 bits per heavy atom. The first-order valence-electron chi connectivity index (χ1n) is 4.69. The highest BCUT2D eigenvalue weighted by Gasteiger charge is 2.32. The van der Waals surface area contributed by atoms with Crippen molar-refractivity contribution in [2.24, 2.45) is 0 Å². The summed E-state index contributed by atoms with van der Waals surface area (Å²) in [5, 5.41) is 0.0889. The highest BCUT2D eigenvalue weighted by Crippen LogP contribution is 2.30. The van der Waals surface area contributed by atoms with Crippen molar-refractivity contribution in [3.8, 4) is 0 Å². The zero-order valence-corrected chi connectivity index (χ0v) is 9.29. The third-order valence-corrected chi connectivity index (χ3v) is 2.76. The van der Waals surface area contributed by atoms with Crippen LogP contribution in [-0.2, 0) is 6.18 Å². The third kappa shape index (κ3) is 3.20. The van der Waals surface area contributed by atoms with Crippen molar-refractivity contribution in [3.05, 3.63) is 48.3 Å². The van der Waals surface area contributed by atoms with Crippen molar-refractivity contribution in [2.45, 2.75) is 16.2 Å². The molecule has 0 unspecified atom stereocenters. The van der Waals surface area contributed by atoms with Crippen LogP contribution < -0.4 is 0 Å². The van der Waals surface area contributed by atoms with Gasteiger partial charge in [-0.15, -0.1) is 0 Å². The summed E-state index contributed by atoms with van der Waals surface area (Å²) in [6, 6.07) is 9.86. The molecule has 1 aromatic carbocycles. The molecule has 0 bridgehead atoms. The molecule has 88 valence electrons. The first-order valence-corrected chi connectivity index (χ1v) is 5.50. The number of hydrogen-bond acceptors (Lipinski definition) is 3. The van der Waals surface area contributed by atoms with Gasteiger partial charge in [0.1, 0.15) is 5.69 Å². The second-order valence-corrected chi connectivity index (χ2v) is 4.18. The summed E-state index contributed by atoms with van der Waals surface area (Å²) in [7, 11) is 0. The molecule has 2 aromatic rings. The van der Waals surface area contributed by atoms with E-state index < -0.39 is 11.9 Å². The van der Waals surface area contributed by atoms with Crippen molar-refractivity contribution in [3.63, 3.8) is 0 Å². The van der Waals surface area contributed by atoms with Gasteiger partial charge >= 0.3 is 6.18 Å². The van der Waals surface area contributed by atoms with Crippen LogP contribution in [0.4, 0.5) is 13.2 Å². The van der Waals surface area contributed by atoms with Crippen LogP contribution in [0.15, 0.2) is 52.6 Å². The molecule has 0 saturated carbocycles. The Labute approximate surface area is 99.9 Å². The Hall–Kier alpha value is -1.56. The van der Waals surface area contributed by atoms with E-state index in [2.05, 4.69) is 9.97 Å². The Morgan fingerprint density at radius 3 is 2.35 bits per heavy atom. The molecule has 17 heavy (non-hydrogen) atoms. The maximum atomic E-state index is 12.4. The summed E-state index contributed by atoms with van der Waals surface area (Å²) >= 11 is 1.10. The van der Waals surface area contributed by atoms with Gasteiger partial charge in [0, 0.05) is 11.1 Å². The van der Waals surface area contributed by atoms with Crippen molar-refractivity contribution in [1.29, 1.82) is 0 Å². The van der Waals surface area contributed by atoms with Gasteiger partial charge in [-0.05, 0) is 30.0 Å². The molecule has 6 heteroatoms. The average Bonchev–Trinajstić information content (AvgIpc) is 2.29. The van der Waals surface area contributed by atoms with Gasteiger partial charge in [0.05, 0.1) is 0 Å². The largest absolute Gasteiger partial charge is 0.433 e. The topological polar surface area (TPSA) is 25.8 Å². The molecule has 0 N–H and O–H groups in total. The Bertz CT molecular complexity index is 500. The molecule has 0 amide bonds. The summed E-state index contributed by atoms with van der Waals surface area (Å²) in [6.07, 6.45) is -3.32. The molecular formula is C11H7F3N2S. The first kappa shape index (κ1) is 11.9. The van der Waals surface area contributed by atoms with Gasteiger partial charge in [-0.1, -0.05) is 18.2 Å². The van der Waals surface area contributed by atoms with E-state index in [1.165, 1.54) is 0 Å². The molecule has 0 radical (unpaired) electrons. The van der Waals surface area contributed by atoms with Crippen LogP contribution in [0.5, 0.6) is 0 Å². The van der Waals surface area contributed by atoms with Crippen LogP contribution in [0.25, 0.3) is 0 Å². The Balaban J connectivity index is 2.23. The van der Waals surface area contributed by atoms with Crippen molar-refractivity contribution >= 4 is 11.8 Å². The smallest absolute Gasteiger partial charge is 0.231 e. The van der Waals surface area contributed by atoms with Crippen molar-refractivity contribution in [2.75, 3.05) is 0 Å². The quantitative estimate of drug-likeness (QED) is 0.767. The molecular weight excluding hydrogens is 249 g/mol. The fourth-order valence-corrected chi connectivity index (χ4v) is 1.90. The first-order chi connectivity index (χ1) is 8.05. The minimum atomic E-state index is -4.44. The fraction of sp³-hybridized carbons (Fsp3) is 0.0909. The molecule has 1 heterocycles. The van der Waals surface area contributed by atoms with E-state index in [1.54, 1.807) is 24.3 Å². The van der Waals surface area contributed by atoms with Gasteiger partial charge < -0.3 is 0 Å². The molecule has 2 nitrogen and oxygen atoms in total. The van der Waals surface area contributed by atoms with Gasteiger partial charge in [-0.3, -0.25) is 0 Å². The lowest BCUT2D eigenvalue weighted by Crippen LogP contribution is -2.08. The van der Waals surface area contributed by atoms with Crippen molar-refractivity contribution in [1.82, 2.24) is 9.97 Å². The minimum absolute atomic E-state index is 0.0889. The third-order valence-electron chi connectivity index (χ3n) is 1.88. The lowest BCUT2D eigenvalue weighted by molar-refractivity contribution is -0.141. The summed E-state index contributed by atoms with van der Waals surface area (Å²) in [5.41, 5.74) is -0.925. The summed E-state index contributed by atoms with van der Waals surface area (Å²) in [4.78, 5) is 8.06. The number of nitrogens with zero attached hydrogens (tertiary/aromatic N) is 2. The van der Waals surface area contributed by atoms with E-state index >= 15 is 0 Å². The van der Waals surface area contributed by atoms with Crippen LogP contribution in [0.2, 0.25) is 0 Å². The predicted molar refractivity (Wildman–Crippen MR) is 57.6 cm³/mol. The minimum Gasteiger partial charge on any atom is -0.231 e. The van der Waals surface area contributed by atoms with Gasteiger partial charge in [0.2, 0.25) is 0 Å². The maximum absolute atomic E-state index is 12.4. The molecule has 0 aliphatic carbocycles. The van der Waals surface area contributed by atoms with Gasteiger partial charge in [-0.2, -0.15) is 13.2 Å². The van der Waals surface area contributed by atoms with Gasteiger partial charge in [0.15, 0.2) is 5.16 Å². The summed E-state index contributed by atoms with van der Waals surface area (Å²) < 4.78 is 37.2. The molecule has 0 spiro atoms. The number of rotatable bonds is 2. The predicted octanol–water partition coefficient (Wildman–Crippen LogP) is 3.65. The van der Waals surface area contributed by atoms with E-state index in [4.69, 9.17) is 0 Å². The molecule has 0 atom stereocenters. The fourth-order valence-electron chi connectivity index (χ4n) is 1.14. The normalized spacial score (nSPS) is 11.5. The molecule has 0 aliphatic rings. The van der Waals surface area contributed by atoms with Crippen LogP contribution in [0.1, 0.15) is 5.69 Å². The second-order valence-electron chi connectivity index (χ2n) is 3.14. The van der Waals surface area contributed by atoms with Crippen LogP contribution in [-0.4, -0.2) is 9.97 Å². The number of halogens is 3. The monoisotopic (exact) mass is 256 g/mol. The SMILES string of the molecule is FC(F)(F)c1ccnc(Sc2ccccc2)n1. The van der Waals surface area contributed by atoms with Gasteiger partial charge in [0.25, 0.3) is 0 Å². The van der Waals surface area contributed by atoms with E-state index in [9.17, 15) is 13.2 Å². The highest BCUT2D eigenvalue weighted by molar-refractivity contribution is 7.99. The summed E-state index contributed by atoms with van der Waals surface area (Å²) in [6.45, 7) is 0. The number of aromatic nitrogens is 2. The zero-order chi connectivity index (χ0) is 12.3. The highest BCUT2D eigenvalue weighted by atomic mass is 32.2. The molecule has 0 fully saturated rings. The van der Waals surface area contributed by atoms with Crippen LogP contribution in [0.3, 0.4) is 0 Å². The molecule has 0 aliphatic heterocycles. The van der Waals surface area contributed by atoms with Crippen LogP contribution >= 0.6 is 11.8 Å². The standard InChI is InChI=1S/C11H7F3N2S/c12-11(13,14)9-6-7-15-10(16-9)17-8-4-2-1-3-5-8/h1-7H. The average molecular weight is 256 g/mol. The molecule has 2 rings (SSSR count). The molecule has 1 aromatic heterocycles. The summed E-state index contributed by atoms with van der Waals surface area (Å²) in [5.74, 6) is 0. The lowest BCUT2D eigenvalue weighted by atomic mass is 10.4. The van der Waals surface area contributed by atoms with E-state index in [-0.39, 0.29) is 5.16 Å². The van der Waals surface area contributed by atoms with E-state index in [0.717, 1.165) is 28.9 Å². The molecule has 0 saturated heterocycles. The van der Waals surface area contributed by atoms with E-state index in [0.29, 0.717) is 0 Å². The Morgan fingerprint density at radius 2 is 1.71 bits per heavy atom. The van der Waals surface area contributed by atoms with Gasteiger partial charge in [-0.25, -0.2) is 9.97 Å². The van der Waals surface area contributed by atoms with Crippen LogP contribution in [0, 0.1) is 0 Å². The Kier molecular flexibility index (Phi) is 3.33. The van der Waals surface area contributed by atoms with E-state index in [1.807, 2.05) is 6.07 Å². The zero-order valence-electron chi connectivity index (χ0n) is 8.48. The lowest BCUT2D eigenvalue weighted by Gasteiger charge is -2.06. The second kappa shape index (κ2) is 4.75. The number of hydrogen-bond donors (Lipinski definition) is 0.